The second kappa shape index (κ2) is 6.41. The molecular formula is C10H20O. The lowest BCUT2D eigenvalue weighted by Gasteiger charge is -2.17. The molecular weight excluding hydrogens is 136 g/mol. The number of hydrogen-bond donors (Lipinski definition) is 0. The van der Waals surface area contributed by atoms with E-state index in [0.717, 1.165) is 12.8 Å². The van der Waals surface area contributed by atoms with Gasteiger partial charge in [-0.2, -0.15) is 0 Å². The molecule has 0 aromatic carbocycles. The average Bonchev–Trinajstić information content (AvgIpc) is 1.87. The molecule has 1 nitrogen and oxygen atoms in total. The number of rotatable bonds is 6. The maximum absolute atomic E-state index is 5.66. The molecule has 0 aliphatic rings. The first-order valence-corrected chi connectivity index (χ1v) is 4.47. The molecule has 11 heavy (non-hydrogen) atoms. The number of hydrogen-bond acceptors (Lipinski definition) is 1. The minimum Gasteiger partial charge on any atom is -0.375 e. The van der Waals surface area contributed by atoms with Crippen molar-refractivity contribution in [2.24, 2.45) is 0 Å². The molecule has 0 fully saturated rings. The van der Waals surface area contributed by atoms with Gasteiger partial charge in [0.05, 0.1) is 12.2 Å². The standard InChI is InChI=1S/C10H20O/c1-5-7-9(3)11-10(4)8-6-2/h5,9-10H,1,6-8H2,2-4H3/t9-,10+/m1/s1. The fraction of sp³-hybridized carbons (Fsp3) is 0.800. The average molecular weight is 156 g/mol. The highest BCUT2D eigenvalue weighted by Crippen LogP contribution is 2.07. The van der Waals surface area contributed by atoms with Gasteiger partial charge in [0.25, 0.3) is 0 Å². The summed E-state index contributed by atoms with van der Waals surface area (Å²) < 4.78 is 5.66. The maximum Gasteiger partial charge on any atom is 0.0584 e. The SMILES string of the molecule is C=CC[C@@H](C)O[C@@H](C)CCC. The van der Waals surface area contributed by atoms with E-state index in [1.165, 1.54) is 6.42 Å². The Labute approximate surface area is 70.4 Å². The van der Waals surface area contributed by atoms with Gasteiger partial charge in [0.1, 0.15) is 0 Å². The topological polar surface area (TPSA) is 9.23 Å². The van der Waals surface area contributed by atoms with Crippen molar-refractivity contribution in [2.45, 2.75) is 52.2 Å². The van der Waals surface area contributed by atoms with E-state index in [1.807, 2.05) is 6.08 Å². The summed E-state index contributed by atoms with van der Waals surface area (Å²) in [5, 5.41) is 0. The largest absolute Gasteiger partial charge is 0.375 e. The van der Waals surface area contributed by atoms with Crippen LogP contribution in [0.3, 0.4) is 0 Å². The Bertz CT molecular complexity index is 99.0. The molecule has 0 aliphatic carbocycles. The number of ether oxygens (including phenoxy) is 1. The highest BCUT2D eigenvalue weighted by molar-refractivity contribution is 4.71. The Kier molecular flexibility index (Phi) is 6.24. The lowest BCUT2D eigenvalue weighted by molar-refractivity contribution is 0.00579. The van der Waals surface area contributed by atoms with Gasteiger partial charge in [-0.15, -0.1) is 6.58 Å². The van der Waals surface area contributed by atoms with Crippen molar-refractivity contribution in [3.8, 4) is 0 Å². The molecule has 2 atom stereocenters. The maximum atomic E-state index is 5.66. The van der Waals surface area contributed by atoms with Crippen LogP contribution in [-0.2, 0) is 4.74 Å². The van der Waals surface area contributed by atoms with Gasteiger partial charge in [-0.25, -0.2) is 0 Å². The van der Waals surface area contributed by atoms with Crippen molar-refractivity contribution < 1.29 is 4.74 Å². The fourth-order valence-electron chi connectivity index (χ4n) is 1.16. The first-order chi connectivity index (χ1) is 5.20. The van der Waals surface area contributed by atoms with E-state index in [4.69, 9.17) is 4.74 Å². The molecule has 0 saturated heterocycles. The van der Waals surface area contributed by atoms with Crippen LogP contribution in [0.4, 0.5) is 0 Å². The fourth-order valence-corrected chi connectivity index (χ4v) is 1.16. The zero-order valence-corrected chi connectivity index (χ0v) is 7.97. The van der Waals surface area contributed by atoms with Gasteiger partial charge >= 0.3 is 0 Å². The smallest absolute Gasteiger partial charge is 0.0584 e. The minimum atomic E-state index is 0.328. The Morgan fingerprint density at radius 1 is 1.36 bits per heavy atom. The third kappa shape index (κ3) is 6.11. The zero-order valence-electron chi connectivity index (χ0n) is 7.97. The van der Waals surface area contributed by atoms with Crippen LogP contribution in [-0.4, -0.2) is 12.2 Å². The second-order valence-electron chi connectivity index (χ2n) is 3.07. The summed E-state index contributed by atoms with van der Waals surface area (Å²) in [6, 6.07) is 0. The molecule has 1 heteroatoms. The molecule has 0 saturated carbocycles. The van der Waals surface area contributed by atoms with E-state index in [0.29, 0.717) is 12.2 Å². The summed E-state index contributed by atoms with van der Waals surface area (Å²) in [4.78, 5) is 0. The van der Waals surface area contributed by atoms with Crippen molar-refractivity contribution in [2.75, 3.05) is 0 Å². The predicted octanol–water partition coefficient (Wildman–Crippen LogP) is 3.16. The molecule has 0 unspecified atom stereocenters. The normalized spacial score (nSPS) is 15.9. The summed E-state index contributed by atoms with van der Waals surface area (Å²) in [6.45, 7) is 10.1. The van der Waals surface area contributed by atoms with Gasteiger partial charge in [-0.05, 0) is 26.7 Å². The first kappa shape index (κ1) is 10.7. The van der Waals surface area contributed by atoms with Crippen LogP contribution < -0.4 is 0 Å². The van der Waals surface area contributed by atoms with Crippen LogP contribution in [0.25, 0.3) is 0 Å². The van der Waals surface area contributed by atoms with Crippen LogP contribution >= 0.6 is 0 Å². The molecule has 0 aromatic rings. The Balaban J connectivity index is 3.39. The van der Waals surface area contributed by atoms with Gasteiger partial charge in [0.2, 0.25) is 0 Å². The lowest BCUT2D eigenvalue weighted by atomic mass is 10.2. The molecule has 0 heterocycles. The van der Waals surface area contributed by atoms with Gasteiger partial charge in [0, 0.05) is 0 Å². The summed E-state index contributed by atoms with van der Waals surface area (Å²) >= 11 is 0. The first-order valence-electron chi connectivity index (χ1n) is 4.47. The van der Waals surface area contributed by atoms with Crippen molar-refractivity contribution in [1.82, 2.24) is 0 Å². The molecule has 0 N–H and O–H groups in total. The van der Waals surface area contributed by atoms with E-state index in [9.17, 15) is 0 Å². The van der Waals surface area contributed by atoms with Gasteiger partial charge in [-0.1, -0.05) is 19.4 Å². The minimum absolute atomic E-state index is 0.328. The van der Waals surface area contributed by atoms with E-state index < -0.39 is 0 Å². The molecule has 0 aliphatic heterocycles. The van der Waals surface area contributed by atoms with Gasteiger partial charge in [0.15, 0.2) is 0 Å². The van der Waals surface area contributed by atoms with Crippen LogP contribution in [0.5, 0.6) is 0 Å². The van der Waals surface area contributed by atoms with Gasteiger partial charge < -0.3 is 4.74 Å². The molecule has 0 radical (unpaired) electrons. The summed E-state index contributed by atoms with van der Waals surface area (Å²) in [5.74, 6) is 0. The molecule has 0 aromatic heterocycles. The van der Waals surface area contributed by atoms with E-state index >= 15 is 0 Å². The predicted molar refractivity (Wildman–Crippen MR) is 49.7 cm³/mol. The second-order valence-corrected chi connectivity index (χ2v) is 3.07. The highest BCUT2D eigenvalue weighted by atomic mass is 16.5. The highest BCUT2D eigenvalue weighted by Gasteiger charge is 2.05. The Hall–Kier alpha value is -0.300. The zero-order chi connectivity index (χ0) is 8.69. The van der Waals surface area contributed by atoms with Crippen molar-refractivity contribution in [3.63, 3.8) is 0 Å². The quantitative estimate of drug-likeness (QED) is 0.537. The Morgan fingerprint density at radius 3 is 2.45 bits per heavy atom. The monoisotopic (exact) mass is 156 g/mol. The van der Waals surface area contributed by atoms with Crippen molar-refractivity contribution >= 4 is 0 Å². The summed E-state index contributed by atoms with van der Waals surface area (Å²) in [5.41, 5.74) is 0. The van der Waals surface area contributed by atoms with Crippen molar-refractivity contribution in [1.29, 1.82) is 0 Å². The van der Waals surface area contributed by atoms with Crippen molar-refractivity contribution in [3.05, 3.63) is 12.7 Å². The van der Waals surface area contributed by atoms with E-state index in [-0.39, 0.29) is 0 Å². The molecule has 66 valence electrons. The van der Waals surface area contributed by atoms with Gasteiger partial charge in [-0.3, -0.25) is 0 Å². The summed E-state index contributed by atoms with van der Waals surface area (Å²) in [6.07, 6.45) is 5.94. The van der Waals surface area contributed by atoms with Crippen LogP contribution in [0.2, 0.25) is 0 Å². The summed E-state index contributed by atoms with van der Waals surface area (Å²) in [7, 11) is 0. The lowest BCUT2D eigenvalue weighted by Crippen LogP contribution is -2.15. The third-order valence-corrected chi connectivity index (χ3v) is 1.66. The Morgan fingerprint density at radius 2 is 2.00 bits per heavy atom. The molecule has 0 amide bonds. The van der Waals surface area contributed by atoms with E-state index in [1.54, 1.807) is 0 Å². The molecule has 0 spiro atoms. The molecule has 0 rings (SSSR count). The van der Waals surface area contributed by atoms with E-state index in [2.05, 4.69) is 27.4 Å². The molecule has 0 bridgehead atoms. The van der Waals surface area contributed by atoms with Crippen LogP contribution in [0, 0.1) is 0 Å². The third-order valence-electron chi connectivity index (χ3n) is 1.66. The van der Waals surface area contributed by atoms with Crippen LogP contribution in [0.15, 0.2) is 12.7 Å². The van der Waals surface area contributed by atoms with Crippen LogP contribution in [0.1, 0.15) is 40.0 Å².